The van der Waals surface area contributed by atoms with Gasteiger partial charge in [0.1, 0.15) is 5.75 Å². The second-order valence-electron chi connectivity index (χ2n) is 7.31. The summed E-state index contributed by atoms with van der Waals surface area (Å²) in [5.74, 6) is 0.377. The van der Waals surface area contributed by atoms with Crippen LogP contribution in [0.4, 0.5) is 5.69 Å². The third-order valence-electron chi connectivity index (χ3n) is 5.11. The fraction of sp³-hybridized carbons (Fsp3) is 0.120. The number of nitrogens with one attached hydrogen (secondary N) is 1. The van der Waals surface area contributed by atoms with E-state index < -0.39 is 0 Å². The normalized spacial score (nSPS) is 10.8. The van der Waals surface area contributed by atoms with Crippen molar-refractivity contribution in [3.63, 3.8) is 0 Å². The number of hydrogen-bond acceptors (Lipinski definition) is 3. The van der Waals surface area contributed by atoms with Gasteiger partial charge in [0, 0.05) is 33.4 Å². The molecule has 0 atom stereocenters. The number of fused-ring (bicyclic) bond motifs is 1. The molecule has 1 amide bonds. The van der Waals surface area contributed by atoms with Gasteiger partial charge in [-0.3, -0.25) is 9.59 Å². The minimum atomic E-state index is -0.242. The Morgan fingerprint density at radius 2 is 1.81 bits per heavy atom. The number of carbonyl (C=O) groups excluding carboxylic acids is 1. The lowest BCUT2D eigenvalue weighted by atomic mass is 10.1. The zero-order chi connectivity index (χ0) is 22.0. The summed E-state index contributed by atoms with van der Waals surface area (Å²) in [7, 11) is 1.57. The van der Waals surface area contributed by atoms with Crippen molar-refractivity contribution in [2.75, 3.05) is 12.0 Å². The molecule has 3 aromatic carbocycles. The van der Waals surface area contributed by atoms with Crippen molar-refractivity contribution in [2.45, 2.75) is 13.5 Å². The first-order valence-corrected chi connectivity index (χ1v) is 10.2. The van der Waals surface area contributed by atoms with Crippen LogP contribution in [0.15, 0.2) is 77.6 Å². The smallest absolute Gasteiger partial charge is 0.258 e. The number of ether oxygens (including phenoxy) is 1. The van der Waals surface area contributed by atoms with Crippen LogP contribution >= 0.6 is 11.6 Å². The van der Waals surface area contributed by atoms with Crippen molar-refractivity contribution in [2.24, 2.45) is 0 Å². The fourth-order valence-corrected chi connectivity index (χ4v) is 3.58. The second kappa shape index (κ2) is 8.66. The van der Waals surface area contributed by atoms with E-state index in [9.17, 15) is 9.59 Å². The van der Waals surface area contributed by atoms with Crippen LogP contribution in [-0.4, -0.2) is 18.0 Å². The Bertz CT molecular complexity index is 1310. The van der Waals surface area contributed by atoms with E-state index in [4.69, 9.17) is 16.3 Å². The van der Waals surface area contributed by atoms with Crippen molar-refractivity contribution in [1.29, 1.82) is 0 Å². The van der Waals surface area contributed by atoms with E-state index in [-0.39, 0.29) is 18.0 Å². The molecule has 0 bridgehead atoms. The second-order valence-corrected chi connectivity index (χ2v) is 7.75. The number of H-pyrrole nitrogens is 1. The number of pyridine rings is 1. The van der Waals surface area contributed by atoms with E-state index in [0.29, 0.717) is 27.6 Å². The minimum Gasteiger partial charge on any atom is -0.497 e. The first-order valence-electron chi connectivity index (χ1n) is 9.78. The Balaban J connectivity index is 1.79. The lowest BCUT2D eigenvalue weighted by Gasteiger charge is -2.23. The molecule has 31 heavy (non-hydrogen) atoms. The summed E-state index contributed by atoms with van der Waals surface area (Å²) in [6, 6.07) is 21.6. The van der Waals surface area contributed by atoms with Gasteiger partial charge in [-0.05, 0) is 66.4 Å². The molecule has 4 rings (SSSR count). The summed E-state index contributed by atoms with van der Waals surface area (Å²) < 4.78 is 5.33. The van der Waals surface area contributed by atoms with Gasteiger partial charge in [0.25, 0.3) is 11.5 Å². The van der Waals surface area contributed by atoms with Gasteiger partial charge in [-0.2, -0.15) is 0 Å². The Morgan fingerprint density at radius 1 is 1.03 bits per heavy atom. The number of benzene rings is 3. The van der Waals surface area contributed by atoms with Gasteiger partial charge in [0.15, 0.2) is 0 Å². The first kappa shape index (κ1) is 20.7. The lowest BCUT2D eigenvalue weighted by molar-refractivity contribution is 0.0985. The molecule has 0 aliphatic rings. The highest BCUT2D eigenvalue weighted by atomic mass is 35.5. The molecule has 0 aliphatic heterocycles. The molecule has 0 fully saturated rings. The van der Waals surface area contributed by atoms with Gasteiger partial charge in [0.05, 0.1) is 13.7 Å². The molecular formula is C25H21ClN2O3. The minimum absolute atomic E-state index is 0.105. The number of rotatable bonds is 5. The third kappa shape index (κ3) is 4.47. The van der Waals surface area contributed by atoms with E-state index in [1.165, 1.54) is 0 Å². The number of hydrogen-bond donors (Lipinski definition) is 1. The Labute approximate surface area is 184 Å². The highest BCUT2D eigenvalue weighted by molar-refractivity contribution is 6.30. The van der Waals surface area contributed by atoms with Crippen LogP contribution in [0.5, 0.6) is 5.75 Å². The molecule has 0 radical (unpaired) electrons. The van der Waals surface area contributed by atoms with Crippen LogP contribution in [0, 0.1) is 6.92 Å². The quantitative estimate of drug-likeness (QED) is 0.462. The number of amides is 1. The summed E-state index contributed by atoms with van der Waals surface area (Å²) in [5, 5.41) is 1.45. The van der Waals surface area contributed by atoms with Crippen LogP contribution in [0.3, 0.4) is 0 Å². The molecule has 1 heterocycles. The van der Waals surface area contributed by atoms with Crippen molar-refractivity contribution in [1.82, 2.24) is 4.98 Å². The third-order valence-corrected chi connectivity index (χ3v) is 5.36. The molecule has 6 heteroatoms. The summed E-state index contributed by atoms with van der Waals surface area (Å²) in [5.41, 5.74) is 3.19. The molecule has 1 aromatic heterocycles. The number of anilines is 1. The molecule has 0 spiro atoms. The van der Waals surface area contributed by atoms with Crippen molar-refractivity contribution >= 4 is 34.1 Å². The maximum absolute atomic E-state index is 13.4. The molecule has 0 aliphatic carbocycles. The van der Waals surface area contributed by atoms with Gasteiger partial charge in [-0.1, -0.05) is 29.8 Å². The largest absolute Gasteiger partial charge is 0.497 e. The van der Waals surface area contributed by atoms with E-state index >= 15 is 0 Å². The SMILES string of the molecule is COc1cccc(N(Cc2cc3ccc(C)cc3[nH]c2=O)C(=O)c2ccc(Cl)cc2)c1. The van der Waals surface area contributed by atoms with E-state index in [2.05, 4.69) is 4.98 Å². The van der Waals surface area contributed by atoms with Crippen LogP contribution in [0.25, 0.3) is 10.9 Å². The first-order chi connectivity index (χ1) is 14.9. The van der Waals surface area contributed by atoms with Gasteiger partial charge in [0.2, 0.25) is 0 Å². The molecule has 156 valence electrons. The van der Waals surface area contributed by atoms with Gasteiger partial charge in [-0.15, -0.1) is 0 Å². The number of halogens is 1. The summed E-state index contributed by atoms with van der Waals surface area (Å²) in [6.07, 6.45) is 0. The average Bonchev–Trinajstić information content (AvgIpc) is 2.77. The number of aromatic nitrogens is 1. The molecule has 4 aromatic rings. The summed E-state index contributed by atoms with van der Waals surface area (Å²) in [6.45, 7) is 2.08. The lowest BCUT2D eigenvalue weighted by Crippen LogP contribution is -2.32. The molecule has 1 N–H and O–H groups in total. The predicted octanol–water partition coefficient (Wildman–Crippen LogP) is 5.35. The topological polar surface area (TPSA) is 62.4 Å². The van der Waals surface area contributed by atoms with E-state index in [0.717, 1.165) is 16.5 Å². The van der Waals surface area contributed by atoms with Crippen LogP contribution in [0.1, 0.15) is 21.5 Å². The number of carbonyl (C=O) groups is 1. The summed E-state index contributed by atoms with van der Waals surface area (Å²) in [4.78, 5) is 30.7. The van der Waals surface area contributed by atoms with Gasteiger partial charge in [-0.25, -0.2) is 0 Å². The Morgan fingerprint density at radius 3 is 2.55 bits per heavy atom. The zero-order valence-electron chi connectivity index (χ0n) is 17.2. The maximum atomic E-state index is 13.4. The highest BCUT2D eigenvalue weighted by Gasteiger charge is 2.20. The zero-order valence-corrected chi connectivity index (χ0v) is 17.9. The highest BCUT2D eigenvalue weighted by Crippen LogP contribution is 2.25. The maximum Gasteiger partial charge on any atom is 0.258 e. The van der Waals surface area contributed by atoms with Crippen molar-refractivity contribution < 1.29 is 9.53 Å². The average molecular weight is 433 g/mol. The molecule has 0 unspecified atom stereocenters. The molecule has 0 saturated carbocycles. The van der Waals surface area contributed by atoms with Crippen LogP contribution in [0.2, 0.25) is 5.02 Å². The van der Waals surface area contributed by atoms with Gasteiger partial charge < -0.3 is 14.6 Å². The monoisotopic (exact) mass is 432 g/mol. The van der Waals surface area contributed by atoms with Crippen LogP contribution in [-0.2, 0) is 6.54 Å². The number of nitrogens with zero attached hydrogens (tertiary/aromatic N) is 1. The summed E-state index contributed by atoms with van der Waals surface area (Å²) >= 11 is 5.98. The Hall–Kier alpha value is -3.57. The van der Waals surface area contributed by atoms with Gasteiger partial charge >= 0.3 is 0 Å². The van der Waals surface area contributed by atoms with Crippen LogP contribution < -0.4 is 15.2 Å². The van der Waals surface area contributed by atoms with Crippen molar-refractivity contribution in [3.8, 4) is 5.75 Å². The number of methoxy groups -OCH3 is 1. The molecular weight excluding hydrogens is 412 g/mol. The molecule has 0 saturated heterocycles. The predicted molar refractivity (Wildman–Crippen MR) is 124 cm³/mol. The Kier molecular flexibility index (Phi) is 5.78. The standard InChI is InChI=1S/C25H21ClN2O3/c1-16-6-7-18-13-19(24(29)27-23(18)12-16)15-28(21-4-3-5-22(14-21)31-2)25(30)17-8-10-20(26)11-9-17/h3-14H,15H2,1-2H3,(H,27,29). The molecule has 5 nitrogen and oxygen atoms in total. The van der Waals surface area contributed by atoms with E-state index in [1.54, 1.807) is 48.4 Å². The number of aromatic amines is 1. The van der Waals surface area contributed by atoms with Crippen molar-refractivity contribution in [3.05, 3.63) is 105 Å². The number of aryl methyl sites for hydroxylation is 1. The van der Waals surface area contributed by atoms with E-state index in [1.807, 2.05) is 43.3 Å². The fourth-order valence-electron chi connectivity index (χ4n) is 3.45.